The van der Waals surface area contributed by atoms with E-state index in [1.54, 1.807) is 18.2 Å². The summed E-state index contributed by atoms with van der Waals surface area (Å²) in [5, 5.41) is 0. The quantitative estimate of drug-likeness (QED) is 0.442. The van der Waals surface area contributed by atoms with Crippen LogP contribution in [-0.4, -0.2) is 56.9 Å². The molecule has 0 saturated carbocycles. The molecule has 1 aromatic heterocycles. The van der Waals surface area contributed by atoms with Crippen molar-refractivity contribution in [3.8, 4) is 5.75 Å². The van der Waals surface area contributed by atoms with E-state index in [4.69, 9.17) is 9.47 Å². The number of hydrogen-bond donors (Lipinski definition) is 0. The molecule has 1 saturated heterocycles. The van der Waals surface area contributed by atoms with Gasteiger partial charge in [-0.15, -0.1) is 0 Å². The van der Waals surface area contributed by atoms with E-state index in [0.29, 0.717) is 37.6 Å². The number of hydrogen-bond acceptors (Lipinski definition) is 6. The first kappa shape index (κ1) is 23.4. The van der Waals surface area contributed by atoms with Crippen LogP contribution in [0.4, 0.5) is 11.4 Å². The standard InChI is InChI=1S/C24H30N4O4/c1-18(2)12-24(30)26-15-22-23(13-20(14-25-22)27-8-10-32-11-9-27)28(17-29)16-19-4-6-21(31-3)7-5-19/h4-7,13-15,17-18H,8-12,16H2,1-3H3. The summed E-state index contributed by atoms with van der Waals surface area (Å²) in [6, 6.07) is 9.45. The van der Waals surface area contributed by atoms with Crippen molar-refractivity contribution in [3.63, 3.8) is 0 Å². The van der Waals surface area contributed by atoms with Crippen LogP contribution in [0.3, 0.4) is 0 Å². The van der Waals surface area contributed by atoms with Gasteiger partial charge < -0.3 is 19.3 Å². The van der Waals surface area contributed by atoms with Crippen LogP contribution in [0, 0.1) is 5.92 Å². The van der Waals surface area contributed by atoms with Crippen molar-refractivity contribution in [3.05, 3.63) is 47.8 Å². The number of aromatic nitrogens is 1. The molecular weight excluding hydrogens is 408 g/mol. The Bertz CT molecular complexity index is 938. The molecule has 0 unspecified atom stereocenters. The number of pyridine rings is 1. The van der Waals surface area contributed by atoms with E-state index < -0.39 is 0 Å². The number of morpholine rings is 1. The van der Waals surface area contributed by atoms with Crippen molar-refractivity contribution in [2.24, 2.45) is 10.9 Å². The zero-order valence-electron chi connectivity index (χ0n) is 18.9. The lowest BCUT2D eigenvalue weighted by Gasteiger charge is -2.30. The first-order chi connectivity index (χ1) is 15.5. The zero-order valence-corrected chi connectivity index (χ0v) is 18.9. The largest absolute Gasteiger partial charge is 0.497 e. The zero-order chi connectivity index (χ0) is 22.9. The number of carbonyl (C=O) groups excluding carboxylic acids is 2. The highest BCUT2D eigenvalue weighted by molar-refractivity contribution is 5.97. The second kappa shape index (κ2) is 11.4. The highest BCUT2D eigenvalue weighted by atomic mass is 16.5. The fraction of sp³-hybridized carbons (Fsp3) is 0.417. The molecule has 2 amide bonds. The average Bonchev–Trinajstić information content (AvgIpc) is 2.81. The summed E-state index contributed by atoms with van der Waals surface area (Å²) < 4.78 is 10.7. The van der Waals surface area contributed by atoms with Crippen molar-refractivity contribution in [2.45, 2.75) is 26.8 Å². The number of benzene rings is 1. The molecule has 1 aliphatic heterocycles. The van der Waals surface area contributed by atoms with Crippen LogP contribution >= 0.6 is 0 Å². The molecule has 2 aromatic rings. The molecule has 1 fully saturated rings. The number of aliphatic imine (C=N–C) groups is 1. The van der Waals surface area contributed by atoms with Crippen molar-refractivity contribution in [1.82, 2.24) is 4.98 Å². The normalized spacial score (nSPS) is 14.1. The van der Waals surface area contributed by atoms with Gasteiger partial charge >= 0.3 is 0 Å². The predicted molar refractivity (Wildman–Crippen MR) is 125 cm³/mol. The Hall–Kier alpha value is -3.26. The van der Waals surface area contributed by atoms with E-state index in [9.17, 15) is 9.59 Å². The first-order valence-corrected chi connectivity index (χ1v) is 10.7. The minimum atomic E-state index is -0.210. The molecule has 0 bridgehead atoms. The molecule has 0 radical (unpaired) electrons. The predicted octanol–water partition coefficient (Wildman–Crippen LogP) is 3.08. The average molecular weight is 439 g/mol. The lowest BCUT2D eigenvalue weighted by Crippen LogP contribution is -2.36. The van der Waals surface area contributed by atoms with Gasteiger partial charge in [0.25, 0.3) is 0 Å². The maximum atomic E-state index is 12.1. The van der Waals surface area contributed by atoms with Gasteiger partial charge in [0.15, 0.2) is 0 Å². The number of anilines is 2. The van der Waals surface area contributed by atoms with Crippen LogP contribution < -0.4 is 14.5 Å². The Morgan fingerprint density at radius 2 is 2.00 bits per heavy atom. The monoisotopic (exact) mass is 438 g/mol. The molecule has 0 spiro atoms. The van der Waals surface area contributed by atoms with Crippen molar-refractivity contribution < 1.29 is 19.1 Å². The van der Waals surface area contributed by atoms with Gasteiger partial charge in [0.05, 0.1) is 50.7 Å². The number of rotatable bonds is 9. The minimum Gasteiger partial charge on any atom is -0.497 e. The van der Waals surface area contributed by atoms with Gasteiger partial charge in [-0.05, 0) is 29.7 Å². The highest BCUT2D eigenvalue weighted by Crippen LogP contribution is 2.26. The fourth-order valence-corrected chi connectivity index (χ4v) is 3.42. The maximum absolute atomic E-state index is 12.1. The van der Waals surface area contributed by atoms with Crippen molar-refractivity contribution in [1.29, 1.82) is 0 Å². The molecule has 3 rings (SSSR count). The topological polar surface area (TPSA) is 84.3 Å². The SMILES string of the molecule is COc1ccc(CN(C=O)c2cc(N3CCOCC3)cnc2C=NC(=O)CC(C)C)cc1. The van der Waals surface area contributed by atoms with Gasteiger partial charge in [0.2, 0.25) is 12.3 Å². The summed E-state index contributed by atoms with van der Waals surface area (Å²) in [5.74, 6) is 0.758. The van der Waals surface area contributed by atoms with Crippen molar-refractivity contribution in [2.75, 3.05) is 43.2 Å². The van der Waals surface area contributed by atoms with Gasteiger partial charge in [-0.3, -0.25) is 14.6 Å². The molecule has 1 aliphatic rings. The van der Waals surface area contributed by atoms with Crippen LogP contribution in [0.15, 0.2) is 41.5 Å². The van der Waals surface area contributed by atoms with E-state index in [2.05, 4.69) is 14.9 Å². The number of methoxy groups -OCH3 is 1. The van der Waals surface area contributed by atoms with E-state index in [1.165, 1.54) is 6.21 Å². The summed E-state index contributed by atoms with van der Waals surface area (Å²) >= 11 is 0. The maximum Gasteiger partial charge on any atom is 0.245 e. The highest BCUT2D eigenvalue weighted by Gasteiger charge is 2.18. The molecule has 0 aliphatic carbocycles. The smallest absolute Gasteiger partial charge is 0.245 e. The van der Waals surface area contributed by atoms with E-state index in [0.717, 1.165) is 36.5 Å². The van der Waals surface area contributed by atoms with Crippen molar-refractivity contribution >= 4 is 29.9 Å². The molecule has 32 heavy (non-hydrogen) atoms. The third kappa shape index (κ3) is 6.37. The van der Waals surface area contributed by atoms with Crippen LogP contribution in [0.2, 0.25) is 0 Å². The summed E-state index contributed by atoms with van der Waals surface area (Å²) in [6.45, 7) is 7.08. The number of amides is 2. The lowest BCUT2D eigenvalue weighted by atomic mass is 10.1. The Balaban J connectivity index is 1.92. The molecular formula is C24H30N4O4. The molecule has 8 heteroatoms. The third-order valence-corrected chi connectivity index (χ3v) is 5.12. The van der Waals surface area contributed by atoms with Crippen LogP contribution in [0.1, 0.15) is 31.5 Å². The Morgan fingerprint density at radius 1 is 1.28 bits per heavy atom. The summed E-state index contributed by atoms with van der Waals surface area (Å²) in [7, 11) is 1.61. The van der Waals surface area contributed by atoms with Crippen LogP contribution in [0.25, 0.3) is 0 Å². The number of carbonyl (C=O) groups is 2. The van der Waals surface area contributed by atoms with E-state index >= 15 is 0 Å². The summed E-state index contributed by atoms with van der Waals surface area (Å²) in [4.78, 5) is 36.5. The Labute approximate surface area is 188 Å². The van der Waals surface area contributed by atoms with Crippen LogP contribution in [0.5, 0.6) is 5.75 Å². The number of ether oxygens (including phenoxy) is 2. The van der Waals surface area contributed by atoms with E-state index in [-0.39, 0.29) is 11.8 Å². The van der Waals surface area contributed by atoms with Crippen LogP contribution in [-0.2, 0) is 20.9 Å². The van der Waals surface area contributed by atoms with Gasteiger partial charge in [-0.25, -0.2) is 4.99 Å². The molecule has 8 nitrogen and oxygen atoms in total. The first-order valence-electron chi connectivity index (χ1n) is 10.7. The van der Waals surface area contributed by atoms with E-state index in [1.807, 2.05) is 44.2 Å². The van der Waals surface area contributed by atoms with Gasteiger partial charge in [-0.2, -0.15) is 0 Å². The van der Waals surface area contributed by atoms with Gasteiger partial charge in [-0.1, -0.05) is 26.0 Å². The molecule has 2 heterocycles. The van der Waals surface area contributed by atoms with Gasteiger partial charge in [0, 0.05) is 19.5 Å². The summed E-state index contributed by atoms with van der Waals surface area (Å²) in [5.41, 5.74) is 2.91. The molecule has 1 aromatic carbocycles. The molecule has 0 atom stereocenters. The molecule has 170 valence electrons. The Kier molecular flexibility index (Phi) is 8.33. The second-order valence-electron chi connectivity index (χ2n) is 8.03. The minimum absolute atomic E-state index is 0.210. The second-order valence-corrected chi connectivity index (χ2v) is 8.03. The fourth-order valence-electron chi connectivity index (χ4n) is 3.42. The summed E-state index contributed by atoms with van der Waals surface area (Å²) in [6.07, 6.45) is 4.34. The molecule has 0 N–H and O–H groups in total. The van der Waals surface area contributed by atoms with Gasteiger partial charge in [0.1, 0.15) is 11.4 Å². The third-order valence-electron chi connectivity index (χ3n) is 5.12. The lowest BCUT2D eigenvalue weighted by molar-refractivity contribution is -0.118. The Morgan fingerprint density at radius 3 is 2.62 bits per heavy atom. The number of nitrogens with zero attached hydrogens (tertiary/aromatic N) is 4.